The van der Waals surface area contributed by atoms with Crippen molar-refractivity contribution < 1.29 is 17.0 Å². The monoisotopic (exact) mass is 196 g/mol. The Bertz CT molecular complexity index is 6.00. The van der Waals surface area contributed by atoms with Crippen LogP contribution in [0.25, 0.3) is 0 Å². The molecule has 0 radical (unpaired) electrons. The standard InChI is InChI=1S/C2H5.BrH.Sr/c1-2;;/h1H2,2H3;1H;/q-1;;+2/p-1. The van der Waals surface area contributed by atoms with Crippen molar-refractivity contribution in [2.45, 2.75) is 6.92 Å². The second-order valence-electron chi connectivity index (χ2n) is 0. The minimum absolute atomic E-state index is 0. The van der Waals surface area contributed by atoms with E-state index in [-0.39, 0.29) is 62.5 Å². The minimum atomic E-state index is 0. The zero-order valence-electron chi connectivity index (χ0n) is 2.79. The molecule has 0 amide bonds. The maximum atomic E-state index is 3.25. The van der Waals surface area contributed by atoms with Crippen molar-refractivity contribution in [2.75, 3.05) is 0 Å². The van der Waals surface area contributed by atoms with Gasteiger partial charge in [-0.05, 0) is 0 Å². The van der Waals surface area contributed by atoms with Crippen LogP contribution in [0.15, 0.2) is 0 Å². The van der Waals surface area contributed by atoms with Gasteiger partial charge in [-0.2, -0.15) is 6.92 Å². The second kappa shape index (κ2) is 20.2. The molecule has 0 unspecified atom stereocenters. The normalized spacial score (nSPS) is 1.50. The van der Waals surface area contributed by atoms with E-state index in [1.54, 1.807) is 6.92 Å². The molecule has 0 N–H and O–H groups in total. The summed E-state index contributed by atoms with van der Waals surface area (Å²) in [5, 5.41) is 0. The molecule has 0 nitrogen and oxygen atoms in total. The molecule has 0 aromatic carbocycles. The topological polar surface area (TPSA) is 0 Å². The fraction of sp³-hybridized carbons (Fsp3) is 0.500. The summed E-state index contributed by atoms with van der Waals surface area (Å²) < 4.78 is 0. The van der Waals surface area contributed by atoms with Crippen molar-refractivity contribution in [1.29, 1.82) is 0 Å². The third-order valence-corrected chi connectivity index (χ3v) is 0. The van der Waals surface area contributed by atoms with Crippen molar-refractivity contribution in [2.24, 2.45) is 0 Å². The fourth-order valence-corrected chi connectivity index (χ4v) is 0. The zero-order chi connectivity index (χ0) is 2.00. The van der Waals surface area contributed by atoms with Gasteiger partial charge in [0.2, 0.25) is 0 Å². The van der Waals surface area contributed by atoms with Gasteiger partial charge in [-0.1, -0.05) is 0 Å². The molecule has 0 fully saturated rings. The third-order valence-electron chi connectivity index (χ3n) is 0. The molecule has 0 aliphatic carbocycles. The molecular weight excluding hydrogens is 192 g/mol. The molecular formula is C2H5BrSr. The summed E-state index contributed by atoms with van der Waals surface area (Å²) in [6.07, 6.45) is 0. The maximum absolute atomic E-state index is 3.25. The van der Waals surface area contributed by atoms with Crippen LogP contribution in [-0.2, 0) is 0 Å². The summed E-state index contributed by atoms with van der Waals surface area (Å²) in [7, 11) is 0. The van der Waals surface area contributed by atoms with Gasteiger partial charge in [-0.3, -0.25) is 0 Å². The van der Waals surface area contributed by atoms with Crippen molar-refractivity contribution in [3.8, 4) is 0 Å². The minimum Gasteiger partial charge on any atom is -1.00 e. The van der Waals surface area contributed by atoms with Crippen molar-refractivity contribution in [3.05, 3.63) is 6.92 Å². The van der Waals surface area contributed by atoms with E-state index in [9.17, 15) is 0 Å². The van der Waals surface area contributed by atoms with Crippen LogP contribution < -0.4 is 17.0 Å². The van der Waals surface area contributed by atoms with Crippen molar-refractivity contribution >= 4 is 45.5 Å². The summed E-state index contributed by atoms with van der Waals surface area (Å²) in [4.78, 5) is 0. The van der Waals surface area contributed by atoms with E-state index in [1.165, 1.54) is 0 Å². The Labute approximate surface area is 75.0 Å². The summed E-state index contributed by atoms with van der Waals surface area (Å²) in [5.74, 6) is 0. The fourth-order valence-electron chi connectivity index (χ4n) is 0. The molecule has 4 heavy (non-hydrogen) atoms. The Morgan fingerprint density at radius 3 is 1.25 bits per heavy atom. The van der Waals surface area contributed by atoms with Gasteiger partial charge in [0.15, 0.2) is 0 Å². The molecule has 0 heterocycles. The first-order valence-corrected chi connectivity index (χ1v) is 0.707. The molecule has 0 aliphatic rings. The third kappa shape index (κ3) is 9.03. The van der Waals surface area contributed by atoms with Crippen LogP contribution in [0.1, 0.15) is 6.92 Å². The Hall–Kier alpha value is 1.96. The summed E-state index contributed by atoms with van der Waals surface area (Å²) in [6, 6.07) is 0. The average Bonchev–Trinajstić information content (AvgIpc) is 1.00. The molecule has 0 aliphatic heterocycles. The van der Waals surface area contributed by atoms with Gasteiger partial charge in [0.25, 0.3) is 0 Å². The van der Waals surface area contributed by atoms with Gasteiger partial charge in [-0.25, -0.2) is 0 Å². The van der Waals surface area contributed by atoms with Gasteiger partial charge in [0.05, 0.1) is 0 Å². The van der Waals surface area contributed by atoms with E-state index in [2.05, 4.69) is 6.92 Å². The van der Waals surface area contributed by atoms with Gasteiger partial charge in [0, 0.05) is 0 Å². The molecule has 0 saturated carbocycles. The van der Waals surface area contributed by atoms with Crippen LogP contribution in [0, 0.1) is 6.92 Å². The predicted octanol–water partition coefficient (Wildman–Crippen LogP) is -2.54. The first kappa shape index (κ1) is 16.7. The van der Waals surface area contributed by atoms with Gasteiger partial charge >= 0.3 is 45.5 Å². The van der Waals surface area contributed by atoms with Gasteiger partial charge in [0.1, 0.15) is 0 Å². The molecule has 22 valence electrons. The largest absolute Gasteiger partial charge is 2.00 e. The van der Waals surface area contributed by atoms with E-state index >= 15 is 0 Å². The molecule has 0 bridgehead atoms. The van der Waals surface area contributed by atoms with E-state index in [0.717, 1.165) is 0 Å². The summed E-state index contributed by atoms with van der Waals surface area (Å²) in [5.41, 5.74) is 0. The van der Waals surface area contributed by atoms with Gasteiger partial charge < -0.3 is 23.9 Å². The SMILES string of the molecule is [Br-].[CH2-]C.[Sr+2]. The Morgan fingerprint density at radius 2 is 1.25 bits per heavy atom. The van der Waals surface area contributed by atoms with E-state index in [1.807, 2.05) is 0 Å². The summed E-state index contributed by atoms with van der Waals surface area (Å²) in [6.45, 7) is 5.00. The Balaban J connectivity index is -0.00000000500. The maximum Gasteiger partial charge on any atom is 2.00 e. The second-order valence-corrected chi connectivity index (χ2v) is 0. The van der Waals surface area contributed by atoms with Crippen LogP contribution in [0.5, 0.6) is 0 Å². The molecule has 0 aromatic heterocycles. The van der Waals surface area contributed by atoms with Crippen LogP contribution in [0.2, 0.25) is 0 Å². The number of hydrogen-bond acceptors (Lipinski definition) is 0. The number of hydrogen-bond donors (Lipinski definition) is 0. The first-order chi connectivity index (χ1) is 1.00. The predicted molar refractivity (Wildman–Crippen MR) is 16.8 cm³/mol. The van der Waals surface area contributed by atoms with E-state index in [0.29, 0.717) is 0 Å². The quantitative estimate of drug-likeness (QED) is 0.296. The molecule has 2 heteroatoms. The smallest absolute Gasteiger partial charge is 1.00 e. The number of halogens is 1. The van der Waals surface area contributed by atoms with E-state index < -0.39 is 0 Å². The molecule has 0 rings (SSSR count). The molecule has 0 saturated heterocycles. The van der Waals surface area contributed by atoms with Crippen LogP contribution >= 0.6 is 0 Å². The Kier molecular flexibility index (Phi) is 84.7. The van der Waals surface area contributed by atoms with Crippen molar-refractivity contribution in [1.82, 2.24) is 0 Å². The summed E-state index contributed by atoms with van der Waals surface area (Å²) >= 11 is 0. The van der Waals surface area contributed by atoms with Crippen LogP contribution in [-0.4, -0.2) is 45.5 Å². The number of rotatable bonds is 0. The molecule has 0 aromatic rings. The van der Waals surface area contributed by atoms with Crippen LogP contribution in [0.3, 0.4) is 0 Å². The van der Waals surface area contributed by atoms with Crippen LogP contribution in [0.4, 0.5) is 0 Å². The first-order valence-electron chi connectivity index (χ1n) is 0.707. The molecule has 0 atom stereocenters. The molecule has 0 spiro atoms. The van der Waals surface area contributed by atoms with Crippen molar-refractivity contribution in [3.63, 3.8) is 0 Å². The zero-order valence-corrected chi connectivity index (χ0v) is 7.85. The average molecular weight is 197 g/mol. The van der Waals surface area contributed by atoms with Gasteiger partial charge in [-0.15, -0.1) is 0 Å². The van der Waals surface area contributed by atoms with E-state index in [4.69, 9.17) is 0 Å². The Morgan fingerprint density at radius 1 is 1.25 bits per heavy atom.